The summed E-state index contributed by atoms with van der Waals surface area (Å²) < 4.78 is 62.2. The van der Waals surface area contributed by atoms with Crippen LogP contribution in [0.5, 0.6) is 0 Å². The molecule has 11 nitrogen and oxygen atoms in total. The number of alkyl halides is 1. The molecule has 1 fully saturated rings. The second-order valence-corrected chi connectivity index (χ2v) is 42.9. The van der Waals surface area contributed by atoms with Crippen molar-refractivity contribution in [3.63, 3.8) is 0 Å². The van der Waals surface area contributed by atoms with E-state index < -0.39 is 44.8 Å². The van der Waals surface area contributed by atoms with Crippen molar-refractivity contribution in [2.75, 3.05) is 32.8 Å². The van der Waals surface area contributed by atoms with Crippen LogP contribution in [0.1, 0.15) is 224 Å². The number of carbonyl (C=O) groups is 2. The fraction of sp³-hybridized carbons (Fsp3) is 0.900. The molecule has 0 aromatic carbocycles. The molecular weight excluding hydrogens is 1050 g/mol. The van der Waals surface area contributed by atoms with E-state index in [1.165, 1.54) is 84.2 Å². The van der Waals surface area contributed by atoms with Crippen molar-refractivity contribution in [2.24, 2.45) is 11.8 Å². The molecule has 0 bridgehead atoms. The lowest BCUT2D eigenvalue weighted by molar-refractivity contribution is -0.161. The normalized spacial score (nSPS) is 19.9. The van der Waals surface area contributed by atoms with Crippen LogP contribution in [-0.4, -0.2) is 94.1 Å². The summed E-state index contributed by atoms with van der Waals surface area (Å²) in [6.45, 7) is 38.9. The Kier molecular flexibility index (Phi) is 35.5. The first kappa shape index (κ1) is 73.4. The molecule has 0 amide bonds. The Bertz CT molecular complexity index is 1690. The van der Waals surface area contributed by atoms with E-state index in [1.54, 1.807) is 0 Å². The molecule has 0 heterocycles. The zero-order valence-corrected chi connectivity index (χ0v) is 56.8. The Morgan fingerprint density at radius 3 is 1.64 bits per heavy atom. The van der Waals surface area contributed by atoms with Gasteiger partial charge in [-0.3, -0.25) is 23.2 Å². The zero-order chi connectivity index (χ0) is 57.7. The first-order chi connectivity index (χ1) is 35.4. The summed E-state index contributed by atoms with van der Waals surface area (Å²) >= 11 is 5.76. The molecule has 1 aliphatic rings. The molecule has 76 heavy (non-hydrogen) atoms. The summed E-state index contributed by atoms with van der Waals surface area (Å²) in [7, 11) is -9.14. The van der Waals surface area contributed by atoms with E-state index in [0.717, 1.165) is 44.9 Å². The standard InChI is InChI=1S/C60H118ClO11PSi3/c1-19-21-23-24-25-26-27-28-29-30-31-32-37-41-56(62)66-48-51(49-68-73(64,65-12)67-46-45-61)69-57(63)42-38-34-33-36-40-52-53(44-43-50(39-35-22-20-2)70-74(13,14)58(3,4)5)55(72-76(17,18)60(9,10)11)47-54(52)71-75(15,16)59(6,7)8/h33,36,43-44,50-55H,19-32,34-35,37-42,45-49H2,1-18H3/b36-33-,44-43+/t50-,51+,52+,53-,54+,55-,73?/m0/s1. The van der Waals surface area contributed by atoms with E-state index >= 15 is 0 Å². The number of esters is 2. The monoisotopic (exact) mass is 1160 g/mol. The van der Waals surface area contributed by atoms with E-state index in [9.17, 15) is 14.2 Å². The van der Waals surface area contributed by atoms with Crippen molar-refractivity contribution in [3.05, 3.63) is 24.3 Å². The number of carbonyl (C=O) groups excluding carboxylic acids is 2. The van der Waals surface area contributed by atoms with Gasteiger partial charge in [-0.15, -0.1) is 11.6 Å². The predicted molar refractivity (Wildman–Crippen MR) is 327 cm³/mol. The third kappa shape index (κ3) is 29.4. The van der Waals surface area contributed by atoms with Gasteiger partial charge >= 0.3 is 19.8 Å². The van der Waals surface area contributed by atoms with Crippen molar-refractivity contribution in [1.29, 1.82) is 0 Å². The summed E-state index contributed by atoms with van der Waals surface area (Å²) in [5, 5.41) is 0.202. The average molecular weight is 1170 g/mol. The van der Waals surface area contributed by atoms with Gasteiger partial charge in [-0.25, -0.2) is 4.57 Å². The van der Waals surface area contributed by atoms with Gasteiger partial charge in [0.1, 0.15) is 6.61 Å². The number of allylic oxidation sites excluding steroid dienone is 2. The number of hydrogen-bond acceptors (Lipinski definition) is 11. The van der Waals surface area contributed by atoms with Gasteiger partial charge in [0.05, 0.1) is 31.5 Å². The van der Waals surface area contributed by atoms with E-state index in [2.05, 4.69) is 140 Å². The quantitative estimate of drug-likeness (QED) is 0.0145. The number of unbranched alkanes of at least 4 members (excludes halogenated alkanes) is 15. The lowest BCUT2D eigenvalue weighted by Gasteiger charge is -2.40. The molecule has 0 aliphatic heterocycles. The lowest BCUT2D eigenvalue weighted by Crippen LogP contribution is -2.45. The Labute approximate surface area is 475 Å². The van der Waals surface area contributed by atoms with Crippen LogP contribution in [0.25, 0.3) is 0 Å². The highest BCUT2D eigenvalue weighted by molar-refractivity contribution is 7.48. The van der Waals surface area contributed by atoms with Gasteiger partial charge in [-0.1, -0.05) is 197 Å². The molecule has 16 heteroatoms. The molecule has 448 valence electrons. The highest BCUT2D eigenvalue weighted by Gasteiger charge is 2.50. The van der Waals surface area contributed by atoms with Gasteiger partial charge in [-0.2, -0.15) is 0 Å². The maximum atomic E-state index is 13.4. The van der Waals surface area contributed by atoms with Gasteiger partial charge in [0.2, 0.25) is 0 Å². The Morgan fingerprint density at radius 1 is 0.632 bits per heavy atom. The summed E-state index contributed by atoms with van der Waals surface area (Å²) in [6.07, 6.45) is 32.0. The minimum Gasteiger partial charge on any atom is -0.462 e. The Morgan fingerprint density at radius 2 is 1.13 bits per heavy atom. The molecule has 1 aliphatic carbocycles. The second kappa shape index (κ2) is 36.7. The third-order valence-electron chi connectivity index (χ3n) is 16.8. The van der Waals surface area contributed by atoms with Crippen molar-refractivity contribution >= 4 is 56.3 Å². The third-order valence-corrected chi connectivity index (χ3v) is 31.8. The maximum Gasteiger partial charge on any atom is 0.474 e. The van der Waals surface area contributed by atoms with Crippen LogP contribution in [0.3, 0.4) is 0 Å². The summed E-state index contributed by atoms with van der Waals surface area (Å²) in [4.78, 5) is 26.2. The van der Waals surface area contributed by atoms with Gasteiger partial charge in [-0.05, 0) is 98.8 Å². The van der Waals surface area contributed by atoms with Crippen LogP contribution in [0.15, 0.2) is 24.3 Å². The molecule has 1 rings (SSSR count). The largest absolute Gasteiger partial charge is 0.474 e. The SMILES string of the molecule is CCCCCCCCCCCCCCCC(=O)OC[C@H](COP(=O)(OC)OCCCl)OC(=O)CCC/C=C\C[C@@H]1[C@H](/C=C/[C@H](CCCCC)O[Si](C)(C)C(C)(C)C)[C@@H](O[Si](C)(C)C(C)(C)C)C[C@H]1O[Si](C)(C)C(C)(C)C. The van der Waals surface area contributed by atoms with Crippen molar-refractivity contribution in [3.8, 4) is 0 Å². The highest BCUT2D eigenvalue weighted by atomic mass is 35.5. The van der Waals surface area contributed by atoms with Gasteiger partial charge in [0.15, 0.2) is 31.1 Å². The fourth-order valence-electron chi connectivity index (χ4n) is 8.74. The van der Waals surface area contributed by atoms with Crippen LogP contribution in [0, 0.1) is 11.8 Å². The van der Waals surface area contributed by atoms with E-state index in [4.69, 9.17) is 47.9 Å². The fourth-order valence-corrected chi connectivity index (χ4v) is 13.9. The van der Waals surface area contributed by atoms with E-state index in [1.807, 2.05) is 0 Å². The number of ether oxygens (including phenoxy) is 2. The molecule has 7 atom stereocenters. The molecule has 0 N–H and O–H groups in total. The van der Waals surface area contributed by atoms with Crippen LogP contribution < -0.4 is 0 Å². The lowest BCUT2D eigenvalue weighted by atomic mass is 9.89. The van der Waals surface area contributed by atoms with Crippen molar-refractivity contribution in [1.82, 2.24) is 0 Å². The van der Waals surface area contributed by atoms with Crippen LogP contribution in [0.2, 0.25) is 54.4 Å². The maximum absolute atomic E-state index is 13.4. The molecular formula is C60H118ClO11PSi3. The zero-order valence-electron chi connectivity index (χ0n) is 52.2. The minimum atomic E-state index is -3.98. The summed E-state index contributed by atoms with van der Waals surface area (Å²) in [5.41, 5.74) is 0. The van der Waals surface area contributed by atoms with Gasteiger partial charge in [0, 0.05) is 31.7 Å². The Balaban J connectivity index is 3.20. The molecule has 0 radical (unpaired) electrons. The first-order valence-electron chi connectivity index (χ1n) is 30.1. The first-order valence-corrected chi connectivity index (χ1v) is 40.8. The highest BCUT2D eigenvalue weighted by Crippen LogP contribution is 2.50. The van der Waals surface area contributed by atoms with E-state index in [0.29, 0.717) is 12.8 Å². The minimum absolute atomic E-state index is 0.0179. The molecule has 0 saturated heterocycles. The molecule has 0 aromatic rings. The van der Waals surface area contributed by atoms with Crippen LogP contribution in [0.4, 0.5) is 0 Å². The van der Waals surface area contributed by atoms with Crippen molar-refractivity contribution < 1.29 is 50.5 Å². The van der Waals surface area contributed by atoms with Crippen molar-refractivity contribution in [2.45, 2.75) is 303 Å². The van der Waals surface area contributed by atoms with Gasteiger partial charge in [0.25, 0.3) is 0 Å². The average Bonchev–Trinajstić information content (AvgIpc) is 3.62. The summed E-state index contributed by atoms with van der Waals surface area (Å²) in [6, 6.07) is 0. The molecule has 1 unspecified atom stereocenters. The number of phosphoric ester groups is 1. The van der Waals surface area contributed by atoms with Crippen LogP contribution >= 0.6 is 19.4 Å². The topological polar surface area (TPSA) is 125 Å². The molecule has 0 aromatic heterocycles. The van der Waals surface area contributed by atoms with E-state index in [-0.39, 0.29) is 89.8 Å². The summed E-state index contributed by atoms with van der Waals surface area (Å²) in [5.74, 6) is -0.426. The molecule has 1 saturated carbocycles. The number of rotatable bonds is 42. The predicted octanol–water partition coefficient (Wildman–Crippen LogP) is 19.0. The molecule has 0 spiro atoms. The van der Waals surface area contributed by atoms with Crippen LogP contribution in [-0.2, 0) is 50.5 Å². The number of hydrogen-bond donors (Lipinski definition) is 0. The Hall–Kier alpha value is -0.649. The smallest absolute Gasteiger partial charge is 0.462 e. The second-order valence-electron chi connectivity index (χ2n) is 26.4. The number of halogens is 1. The van der Waals surface area contributed by atoms with Gasteiger partial charge < -0.3 is 22.8 Å². The number of phosphoric acid groups is 1.